The van der Waals surface area contributed by atoms with Gasteiger partial charge in [0.2, 0.25) is 5.88 Å². The molecular formula is C11H12IN3O2S. The first kappa shape index (κ1) is 13.3. The first-order chi connectivity index (χ1) is 8.60. The van der Waals surface area contributed by atoms with Crippen LogP contribution in [0, 0.1) is 2.88 Å². The van der Waals surface area contributed by atoms with Crippen LogP contribution in [0.15, 0.2) is 17.5 Å². The van der Waals surface area contributed by atoms with Crippen LogP contribution < -0.4 is 10.1 Å². The van der Waals surface area contributed by atoms with E-state index >= 15 is 0 Å². The lowest BCUT2D eigenvalue weighted by Gasteiger charge is -2.00. The summed E-state index contributed by atoms with van der Waals surface area (Å²) in [5.41, 5.74) is 1.46. The number of amides is 1. The van der Waals surface area contributed by atoms with Crippen molar-refractivity contribution in [1.29, 1.82) is 0 Å². The predicted octanol–water partition coefficient (Wildman–Crippen LogP) is 2.02. The number of carbonyl (C=O) groups excluding carboxylic acids is 1. The zero-order valence-corrected chi connectivity index (χ0v) is 12.9. The lowest BCUT2D eigenvalue weighted by Crippen LogP contribution is -2.22. The minimum absolute atomic E-state index is 0.0845. The van der Waals surface area contributed by atoms with Crippen LogP contribution in [0.2, 0.25) is 0 Å². The quantitative estimate of drug-likeness (QED) is 0.830. The Kier molecular flexibility index (Phi) is 4.23. The van der Waals surface area contributed by atoms with E-state index in [0.717, 1.165) is 8.58 Å². The van der Waals surface area contributed by atoms with Gasteiger partial charge < -0.3 is 10.1 Å². The molecule has 96 valence electrons. The normalized spacial score (nSPS) is 10.4. The molecule has 2 aromatic rings. The summed E-state index contributed by atoms with van der Waals surface area (Å²) in [6, 6.07) is 3.66. The molecule has 0 aliphatic carbocycles. The highest BCUT2D eigenvalue weighted by molar-refractivity contribution is 14.1. The maximum Gasteiger partial charge on any atom is 0.252 e. The van der Waals surface area contributed by atoms with Crippen LogP contribution >= 0.6 is 33.9 Å². The number of aryl methyl sites for hydroxylation is 1. The van der Waals surface area contributed by atoms with Gasteiger partial charge in [-0.2, -0.15) is 5.10 Å². The molecule has 1 amide bonds. The van der Waals surface area contributed by atoms with Gasteiger partial charge in [-0.05, 0) is 28.7 Å². The third-order valence-electron chi connectivity index (χ3n) is 2.36. The zero-order valence-electron chi connectivity index (χ0n) is 9.94. The van der Waals surface area contributed by atoms with E-state index in [-0.39, 0.29) is 5.91 Å². The maximum absolute atomic E-state index is 11.8. The standard InChI is InChI=1S/C11H12IN3O2S/c1-15-10(17-2)4-8(14-15)5-13-11(16)7-3-9(12)18-6-7/h3-4,6H,5H2,1-2H3,(H,13,16). The number of thiophene rings is 1. The van der Waals surface area contributed by atoms with E-state index in [4.69, 9.17) is 4.74 Å². The topological polar surface area (TPSA) is 56.1 Å². The third kappa shape index (κ3) is 3.02. The summed E-state index contributed by atoms with van der Waals surface area (Å²) in [5.74, 6) is 0.586. The molecule has 2 heterocycles. The zero-order chi connectivity index (χ0) is 13.1. The number of halogens is 1. The van der Waals surface area contributed by atoms with Crippen LogP contribution in [-0.4, -0.2) is 22.8 Å². The Bertz CT molecular complexity index is 564. The Morgan fingerprint density at radius 3 is 2.94 bits per heavy atom. The smallest absolute Gasteiger partial charge is 0.252 e. The molecule has 0 radical (unpaired) electrons. The fourth-order valence-electron chi connectivity index (χ4n) is 1.49. The summed E-state index contributed by atoms with van der Waals surface area (Å²) in [7, 11) is 3.39. The second-order valence-corrected chi connectivity index (χ2v) is 6.43. The van der Waals surface area contributed by atoms with Crippen LogP contribution in [0.25, 0.3) is 0 Å². The third-order valence-corrected chi connectivity index (χ3v) is 4.15. The summed E-state index contributed by atoms with van der Waals surface area (Å²) in [5, 5.41) is 8.90. The first-order valence-corrected chi connectivity index (χ1v) is 7.15. The van der Waals surface area contributed by atoms with Gasteiger partial charge in [0, 0.05) is 18.5 Å². The van der Waals surface area contributed by atoms with Crippen molar-refractivity contribution in [2.24, 2.45) is 7.05 Å². The Morgan fingerprint density at radius 1 is 1.61 bits per heavy atom. The van der Waals surface area contributed by atoms with Crippen molar-refractivity contribution < 1.29 is 9.53 Å². The highest BCUT2D eigenvalue weighted by Gasteiger charge is 2.09. The molecule has 18 heavy (non-hydrogen) atoms. The number of aromatic nitrogens is 2. The molecule has 0 fully saturated rings. The van der Waals surface area contributed by atoms with Crippen molar-refractivity contribution in [3.63, 3.8) is 0 Å². The second kappa shape index (κ2) is 5.70. The second-order valence-electron chi connectivity index (χ2n) is 3.62. The van der Waals surface area contributed by atoms with E-state index in [2.05, 4.69) is 33.0 Å². The molecule has 0 aliphatic rings. The van der Waals surface area contributed by atoms with Crippen molar-refractivity contribution in [3.8, 4) is 5.88 Å². The SMILES string of the molecule is COc1cc(CNC(=O)c2csc(I)c2)nn1C. The van der Waals surface area contributed by atoms with E-state index in [9.17, 15) is 4.79 Å². The highest BCUT2D eigenvalue weighted by Crippen LogP contribution is 2.16. The van der Waals surface area contributed by atoms with Gasteiger partial charge in [-0.3, -0.25) is 4.79 Å². The van der Waals surface area contributed by atoms with Gasteiger partial charge in [-0.15, -0.1) is 11.3 Å². The van der Waals surface area contributed by atoms with Gasteiger partial charge in [-0.1, -0.05) is 0 Å². The Balaban J connectivity index is 1.97. The molecule has 7 heteroatoms. The van der Waals surface area contributed by atoms with Crippen molar-refractivity contribution in [3.05, 3.63) is 31.7 Å². The fourth-order valence-corrected chi connectivity index (χ4v) is 2.81. The largest absolute Gasteiger partial charge is 0.481 e. The van der Waals surface area contributed by atoms with Gasteiger partial charge in [0.15, 0.2) is 0 Å². The number of nitrogens with one attached hydrogen (secondary N) is 1. The summed E-state index contributed by atoms with van der Waals surface area (Å²) in [6.07, 6.45) is 0. The molecule has 0 aliphatic heterocycles. The average Bonchev–Trinajstić information content (AvgIpc) is 2.92. The molecular weight excluding hydrogens is 365 g/mol. The van der Waals surface area contributed by atoms with E-state index < -0.39 is 0 Å². The molecule has 0 aromatic carbocycles. The molecule has 0 unspecified atom stereocenters. The summed E-state index contributed by atoms with van der Waals surface area (Å²) < 4.78 is 7.84. The van der Waals surface area contributed by atoms with Crippen molar-refractivity contribution >= 4 is 39.8 Å². The van der Waals surface area contributed by atoms with Crippen molar-refractivity contribution in [1.82, 2.24) is 15.1 Å². The van der Waals surface area contributed by atoms with E-state index in [0.29, 0.717) is 18.0 Å². The van der Waals surface area contributed by atoms with Crippen LogP contribution in [0.4, 0.5) is 0 Å². The first-order valence-electron chi connectivity index (χ1n) is 5.19. The molecule has 0 saturated carbocycles. The van der Waals surface area contributed by atoms with Gasteiger partial charge in [0.25, 0.3) is 5.91 Å². The van der Waals surface area contributed by atoms with Gasteiger partial charge in [-0.25, -0.2) is 4.68 Å². The molecule has 2 rings (SSSR count). The minimum atomic E-state index is -0.0845. The number of carbonyl (C=O) groups is 1. The van der Waals surface area contributed by atoms with E-state index in [1.165, 1.54) is 0 Å². The number of ether oxygens (including phenoxy) is 1. The van der Waals surface area contributed by atoms with E-state index in [1.807, 2.05) is 11.4 Å². The lowest BCUT2D eigenvalue weighted by atomic mass is 10.3. The number of nitrogens with zero attached hydrogens (tertiary/aromatic N) is 2. The van der Waals surface area contributed by atoms with Crippen molar-refractivity contribution in [2.45, 2.75) is 6.54 Å². The van der Waals surface area contributed by atoms with Gasteiger partial charge >= 0.3 is 0 Å². The Hall–Kier alpha value is -1.09. The van der Waals surface area contributed by atoms with E-state index in [1.54, 1.807) is 36.2 Å². The lowest BCUT2D eigenvalue weighted by molar-refractivity contribution is 0.0951. The fraction of sp³-hybridized carbons (Fsp3) is 0.273. The molecule has 5 nitrogen and oxygen atoms in total. The summed E-state index contributed by atoms with van der Waals surface area (Å²) in [6.45, 7) is 0.391. The highest BCUT2D eigenvalue weighted by atomic mass is 127. The summed E-state index contributed by atoms with van der Waals surface area (Å²) >= 11 is 3.74. The van der Waals surface area contributed by atoms with Gasteiger partial charge in [0.1, 0.15) is 0 Å². The van der Waals surface area contributed by atoms with Crippen LogP contribution in [0.1, 0.15) is 16.1 Å². The number of hydrogen-bond acceptors (Lipinski definition) is 4. The molecule has 0 saturated heterocycles. The Morgan fingerprint density at radius 2 is 2.39 bits per heavy atom. The van der Waals surface area contributed by atoms with Crippen molar-refractivity contribution in [2.75, 3.05) is 7.11 Å². The van der Waals surface area contributed by atoms with Crippen LogP contribution in [-0.2, 0) is 13.6 Å². The molecule has 0 atom stereocenters. The molecule has 0 bridgehead atoms. The Labute approximate surface area is 122 Å². The average molecular weight is 377 g/mol. The summed E-state index contributed by atoms with van der Waals surface area (Å²) in [4.78, 5) is 11.8. The molecule has 0 spiro atoms. The molecule has 2 aromatic heterocycles. The van der Waals surface area contributed by atoms with Crippen LogP contribution in [0.3, 0.4) is 0 Å². The predicted molar refractivity (Wildman–Crippen MR) is 78.0 cm³/mol. The minimum Gasteiger partial charge on any atom is -0.481 e. The molecule has 1 N–H and O–H groups in total. The maximum atomic E-state index is 11.8. The number of hydrogen-bond donors (Lipinski definition) is 1. The monoisotopic (exact) mass is 377 g/mol. The number of methoxy groups -OCH3 is 1. The van der Waals surface area contributed by atoms with Crippen LogP contribution in [0.5, 0.6) is 5.88 Å². The number of rotatable bonds is 4. The van der Waals surface area contributed by atoms with Gasteiger partial charge in [0.05, 0.1) is 27.8 Å².